The topological polar surface area (TPSA) is 126 Å². The van der Waals surface area contributed by atoms with Crippen LogP contribution < -0.4 is 11.1 Å². The maximum atomic E-state index is 12.9. The number of nitrogens with one attached hydrogen (secondary N) is 1. The standard InChI is InChI=1S/C20H22N4O4.H2/c1-12-2-7-17(13-3-5-16(25)6-4-13)24(11-12)20(28)19(27)23-15-8-14(18(21)26)9-22-10-15;/h3-6,8-10,12,17,25H,2,7,11H2,1H3,(H2,21,26)(H,23,27);1H/t12-,17+;/m0./s1. The molecule has 2 atom stereocenters. The number of pyridine rings is 1. The normalized spacial score (nSPS) is 19.1. The molecule has 1 aromatic carbocycles. The Morgan fingerprint density at radius 1 is 1.21 bits per heavy atom. The fourth-order valence-electron chi connectivity index (χ4n) is 3.38. The zero-order valence-corrected chi connectivity index (χ0v) is 15.5. The maximum Gasteiger partial charge on any atom is 0.313 e. The first kappa shape index (κ1) is 19.3. The maximum absolute atomic E-state index is 12.9. The highest BCUT2D eigenvalue weighted by Gasteiger charge is 2.34. The number of phenolic OH excluding ortho intramolecular Hbond substituents is 1. The number of hydrogen-bond donors (Lipinski definition) is 3. The Kier molecular flexibility index (Phi) is 5.58. The molecule has 1 saturated heterocycles. The molecule has 0 aliphatic carbocycles. The van der Waals surface area contributed by atoms with E-state index in [1.54, 1.807) is 29.2 Å². The van der Waals surface area contributed by atoms with E-state index in [4.69, 9.17) is 5.73 Å². The number of aromatic hydroxyl groups is 1. The number of nitrogens with two attached hydrogens (primary N) is 1. The summed E-state index contributed by atoms with van der Waals surface area (Å²) >= 11 is 0. The molecule has 28 heavy (non-hydrogen) atoms. The van der Waals surface area contributed by atoms with Crippen LogP contribution in [0.15, 0.2) is 42.7 Å². The van der Waals surface area contributed by atoms with Gasteiger partial charge in [-0.1, -0.05) is 19.1 Å². The smallest absolute Gasteiger partial charge is 0.313 e. The molecule has 3 rings (SSSR count). The van der Waals surface area contributed by atoms with Gasteiger partial charge in [-0.25, -0.2) is 0 Å². The molecule has 1 aliphatic heterocycles. The van der Waals surface area contributed by atoms with E-state index in [0.29, 0.717) is 6.54 Å². The monoisotopic (exact) mass is 384 g/mol. The second-order valence-electron chi connectivity index (χ2n) is 7.03. The van der Waals surface area contributed by atoms with Gasteiger partial charge in [0.2, 0.25) is 5.91 Å². The van der Waals surface area contributed by atoms with Crippen LogP contribution >= 0.6 is 0 Å². The first-order valence-corrected chi connectivity index (χ1v) is 9.01. The van der Waals surface area contributed by atoms with Crippen molar-refractivity contribution in [3.05, 3.63) is 53.9 Å². The van der Waals surface area contributed by atoms with Gasteiger partial charge in [-0.05, 0) is 42.5 Å². The Bertz CT molecular complexity index is 904. The molecule has 1 fully saturated rings. The summed E-state index contributed by atoms with van der Waals surface area (Å²) < 4.78 is 0. The second-order valence-corrected chi connectivity index (χ2v) is 7.03. The minimum Gasteiger partial charge on any atom is -0.508 e. The minimum absolute atomic E-state index is 0. The van der Waals surface area contributed by atoms with Gasteiger partial charge >= 0.3 is 11.8 Å². The highest BCUT2D eigenvalue weighted by atomic mass is 16.3. The van der Waals surface area contributed by atoms with E-state index >= 15 is 0 Å². The van der Waals surface area contributed by atoms with Crippen LogP contribution in [0.25, 0.3) is 0 Å². The summed E-state index contributed by atoms with van der Waals surface area (Å²) in [6, 6.07) is 7.78. The molecule has 0 radical (unpaired) electrons. The fraction of sp³-hybridized carbons (Fsp3) is 0.300. The first-order chi connectivity index (χ1) is 13.3. The van der Waals surface area contributed by atoms with Crippen LogP contribution in [-0.4, -0.2) is 39.3 Å². The van der Waals surface area contributed by atoms with E-state index in [1.165, 1.54) is 18.5 Å². The van der Waals surface area contributed by atoms with E-state index < -0.39 is 17.7 Å². The van der Waals surface area contributed by atoms with Crippen molar-refractivity contribution in [2.24, 2.45) is 11.7 Å². The summed E-state index contributed by atoms with van der Waals surface area (Å²) in [6.07, 6.45) is 4.28. The molecule has 8 heteroatoms. The van der Waals surface area contributed by atoms with Gasteiger partial charge in [0.25, 0.3) is 0 Å². The predicted molar refractivity (Wildman–Crippen MR) is 104 cm³/mol. The number of hydrogen-bond acceptors (Lipinski definition) is 5. The Morgan fingerprint density at radius 2 is 1.93 bits per heavy atom. The van der Waals surface area contributed by atoms with Crippen molar-refractivity contribution < 1.29 is 20.9 Å². The molecule has 0 saturated carbocycles. The number of piperidine rings is 1. The summed E-state index contributed by atoms with van der Waals surface area (Å²) in [4.78, 5) is 42.1. The van der Waals surface area contributed by atoms with E-state index in [-0.39, 0.29) is 30.4 Å². The lowest BCUT2D eigenvalue weighted by atomic mass is 9.90. The quantitative estimate of drug-likeness (QED) is 0.699. The third-order valence-corrected chi connectivity index (χ3v) is 4.83. The molecule has 0 spiro atoms. The van der Waals surface area contributed by atoms with Crippen LogP contribution in [0.1, 0.15) is 43.2 Å². The number of primary amides is 1. The van der Waals surface area contributed by atoms with Gasteiger partial charge < -0.3 is 21.1 Å². The van der Waals surface area contributed by atoms with Crippen molar-refractivity contribution in [1.82, 2.24) is 9.88 Å². The Morgan fingerprint density at radius 3 is 2.61 bits per heavy atom. The number of phenols is 1. The number of amides is 3. The summed E-state index contributed by atoms with van der Waals surface area (Å²) in [5.41, 5.74) is 6.44. The van der Waals surface area contributed by atoms with Crippen LogP contribution in [0.5, 0.6) is 5.75 Å². The average Bonchev–Trinajstić information content (AvgIpc) is 2.68. The molecule has 0 unspecified atom stereocenters. The van der Waals surface area contributed by atoms with Crippen LogP contribution in [0.4, 0.5) is 5.69 Å². The molecule has 0 bridgehead atoms. The Labute approximate surface area is 163 Å². The number of likely N-dealkylation sites (tertiary alicyclic amines) is 1. The summed E-state index contributed by atoms with van der Waals surface area (Å²) in [7, 11) is 0. The van der Waals surface area contributed by atoms with Crippen LogP contribution in [-0.2, 0) is 9.59 Å². The molecule has 2 heterocycles. The van der Waals surface area contributed by atoms with Gasteiger partial charge in [-0.2, -0.15) is 0 Å². The van der Waals surface area contributed by atoms with Gasteiger partial charge in [-0.15, -0.1) is 0 Å². The van der Waals surface area contributed by atoms with Crippen LogP contribution in [0.3, 0.4) is 0 Å². The zero-order chi connectivity index (χ0) is 20.3. The SMILES string of the molecule is C[C@H]1CC[C@H](c2ccc(O)cc2)N(C(=O)C(=O)Nc2cncc(C(N)=O)c2)C1.[HH]. The lowest BCUT2D eigenvalue weighted by Gasteiger charge is -2.38. The third kappa shape index (κ3) is 4.28. The lowest BCUT2D eigenvalue weighted by molar-refractivity contribution is -0.146. The Hall–Kier alpha value is -3.42. The van der Waals surface area contributed by atoms with E-state index in [1.807, 2.05) is 6.92 Å². The van der Waals surface area contributed by atoms with E-state index in [2.05, 4.69) is 10.3 Å². The highest BCUT2D eigenvalue weighted by molar-refractivity contribution is 6.39. The van der Waals surface area contributed by atoms with E-state index in [0.717, 1.165) is 18.4 Å². The number of nitrogens with zero attached hydrogens (tertiary/aromatic N) is 2. The van der Waals surface area contributed by atoms with Crippen molar-refractivity contribution in [2.45, 2.75) is 25.8 Å². The molecule has 1 aromatic heterocycles. The van der Waals surface area contributed by atoms with Crippen LogP contribution in [0, 0.1) is 5.92 Å². The number of aromatic nitrogens is 1. The van der Waals surface area contributed by atoms with Crippen molar-refractivity contribution in [1.29, 1.82) is 0 Å². The molecular formula is C20H24N4O4. The third-order valence-electron chi connectivity index (χ3n) is 4.83. The predicted octanol–water partition coefficient (Wildman–Crippen LogP) is 2.07. The molecule has 2 aromatic rings. The van der Waals surface area contributed by atoms with Gasteiger partial charge in [0.05, 0.1) is 23.5 Å². The van der Waals surface area contributed by atoms with Gasteiger partial charge in [0.15, 0.2) is 0 Å². The first-order valence-electron chi connectivity index (χ1n) is 9.01. The summed E-state index contributed by atoms with van der Waals surface area (Å²) in [5.74, 6) is -1.72. The van der Waals surface area contributed by atoms with Gasteiger partial charge in [-0.3, -0.25) is 19.4 Å². The van der Waals surface area contributed by atoms with Crippen molar-refractivity contribution in [2.75, 3.05) is 11.9 Å². The summed E-state index contributed by atoms with van der Waals surface area (Å²) in [5, 5.41) is 12.0. The number of carbonyl (C=O) groups excluding carboxylic acids is 3. The van der Waals surface area contributed by atoms with Crippen LogP contribution in [0.2, 0.25) is 0 Å². The zero-order valence-electron chi connectivity index (χ0n) is 15.5. The largest absolute Gasteiger partial charge is 0.508 e. The van der Waals surface area contributed by atoms with Gasteiger partial charge in [0, 0.05) is 14.2 Å². The number of benzene rings is 1. The molecular weight excluding hydrogens is 360 g/mol. The number of anilines is 1. The molecule has 1 aliphatic rings. The van der Waals surface area contributed by atoms with Crippen molar-refractivity contribution in [3.63, 3.8) is 0 Å². The average molecular weight is 384 g/mol. The molecule has 148 valence electrons. The lowest BCUT2D eigenvalue weighted by Crippen LogP contribution is -2.46. The van der Waals surface area contributed by atoms with Crippen molar-refractivity contribution in [3.8, 4) is 5.75 Å². The summed E-state index contributed by atoms with van der Waals surface area (Å²) in [6.45, 7) is 2.49. The molecule has 8 nitrogen and oxygen atoms in total. The second kappa shape index (κ2) is 8.08. The van der Waals surface area contributed by atoms with Gasteiger partial charge in [0.1, 0.15) is 5.75 Å². The van der Waals surface area contributed by atoms with E-state index in [9.17, 15) is 19.5 Å². The number of rotatable bonds is 3. The highest BCUT2D eigenvalue weighted by Crippen LogP contribution is 2.34. The Balaban J connectivity index is 0.00000300. The van der Waals surface area contributed by atoms with Crippen molar-refractivity contribution >= 4 is 23.4 Å². The fourth-order valence-corrected chi connectivity index (χ4v) is 3.38. The minimum atomic E-state index is -0.804. The molecule has 3 amide bonds. The molecule has 4 N–H and O–H groups in total. The number of carbonyl (C=O) groups is 3.